The lowest BCUT2D eigenvalue weighted by Gasteiger charge is -2.23. The van der Waals surface area contributed by atoms with E-state index >= 15 is 0 Å². The van der Waals surface area contributed by atoms with Crippen molar-refractivity contribution in [3.63, 3.8) is 0 Å². The normalized spacial score (nSPS) is 18.9. The van der Waals surface area contributed by atoms with Crippen LogP contribution in [0.5, 0.6) is 0 Å². The standard InChI is InChI=1S/C14H19N5O/c1-16-9-11-14(17-12-6-2-3-7-18(11)12)19-8-4-5-10(19)13(15)20/h2-3,6-7,10,16H,4-5,8-9H2,1H3,(H2,15,20). The lowest BCUT2D eigenvalue weighted by Crippen LogP contribution is -2.41. The second-order valence-corrected chi connectivity index (χ2v) is 5.10. The number of imidazole rings is 1. The first-order chi connectivity index (χ1) is 9.72. The number of nitrogens with two attached hydrogens (primary N) is 1. The van der Waals surface area contributed by atoms with E-state index < -0.39 is 0 Å². The minimum atomic E-state index is -0.269. The Hall–Kier alpha value is -2.08. The number of anilines is 1. The Balaban J connectivity index is 2.10. The zero-order valence-electron chi connectivity index (χ0n) is 11.5. The number of amides is 1. The molecule has 0 aromatic carbocycles. The highest BCUT2D eigenvalue weighted by molar-refractivity contribution is 5.84. The molecule has 1 saturated heterocycles. The van der Waals surface area contributed by atoms with Gasteiger partial charge in [-0.3, -0.25) is 4.79 Å². The predicted molar refractivity (Wildman–Crippen MR) is 77.5 cm³/mol. The highest BCUT2D eigenvalue weighted by atomic mass is 16.1. The second kappa shape index (κ2) is 5.13. The van der Waals surface area contributed by atoms with Crippen LogP contribution in [-0.2, 0) is 11.3 Å². The zero-order valence-corrected chi connectivity index (χ0v) is 11.5. The number of carbonyl (C=O) groups excluding carboxylic acids is 1. The molecule has 1 fully saturated rings. The smallest absolute Gasteiger partial charge is 0.240 e. The molecule has 1 unspecified atom stereocenters. The number of nitrogens with zero attached hydrogens (tertiary/aromatic N) is 3. The highest BCUT2D eigenvalue weighted by Gasteiger charge is 2.32. The molecule has 3 N–H and O–H groups in total. The molecule has 2 aromatic heterocycles. The topological polar surface area (TPSA) is 75.7 Å². The Morgan fingerprint density at radius 1 is 1.55 bits per heavy atom. The quantitative estimate of drug-likeness (QED) is 0.851. The Kier molecular flexibility index (Phi) is 3.31. The number of aromatic nitrogens is 2. The van der Waals surface area contributed by atoms with Gasteiger partial charge in [-0.05, 0) is 32.0 Å². The van der Waals surface area contributed by atoms with Crippen LogP contribution in [-0.4, -0.2) is 34.9 Å². The fourth-order valence-corrected chi connectivity index (χ4v) is 2.91. The third-order valence-electron chi connectivity index (χ3n) is 3.81. The van der Waals surface area contributed by atoms with Crippen LogP contribution in [0.2, 0.25) is 0 Å². The minimum absolute atomic E-state index is 0.240. The van der Waals surface area contributed by atoms with Crippen LogP contribution < -0.4 is 16.0 Å². The SMILES string of the molecule is CNCc1c(N2CCCC2C(N)=O)nc2ccccn12. The van der Waals surface area contributed by atoms with Crippen molar-refractivity contribution in [2.75, 3.05) is 18.5 Å². The fraction of sp³-hybridized carbons (Fsp3) is 0.429. The van der Waals surface area contributed by atoms with Crippen molar-refractivity contribution in [3.8, 4) is 0 Å². The van der Waals surface area contributed by atoms with Crippen molar-refractivity contribution < 1.29 is 4.79 Å². The first-order valence-corrected chi connectivity index (χ1v) is 6.89. The van der Waals surface area contributed by atoms with Crippen molar-refractivity contribution in [2.45, 2.75) is 25.4 Å². The van der Waals surface area contributed by atoms with E-state index in [4.69, 9.17) is 5.73 Å². The van der Waals surface area contributed by atoms with E-state index in [0.29, 0.717) is 6.54 Å². The van der Waals surface area contributed by atoms with Gasteiger partial charge in [0.25, 0.3) is 0 Å². The molecular weight excluding hydrogens is 254 g/mol. The first kappa shape index (κ1) is 12.9. The van der Waals surface area contributed by atoms with E-state index in [1.165, 1.54) is 0 Å². The van der Waals surface area contributed by atoms with Gasteiger partial charge in [0.2, 0.25) is 5.91 Å². The lowest BCUT2D eigenvalue weighted by molar-refractivity contribution is -0.119. The van der Waals surface area contributed by atoms with E-state index in [-0.39, 0.29) is 11.9 Å². The van der Waals surface area contributed by atoms with E-state index in [9.17, 15) is 4.79 Å². The molecule has 2 aromatic rings. The monoisotopic (exact) mass is 273 g/mol. The van der Waals surface area contributed by atoms with Crippen LogP contribution in [0.1, 0.15) is 18.5 Å². The van der Waals surface area contributed by atoms with Gasteiger partial charge >= 0.3 is 0 Å². The van der Waals surface area contributed by atoms with Crippen molar-refractivity contribution in [1.82, 2.24) is 14.7 Å². The number of nitrogens with one attached hydrogen (secondary N) is 1. The zero-order chi connectivity index (χ0) is 14.1. The van der Waals surface area contributed by atoms with Gasteiger partial charge in [-0.2, -0.15) is 0 Å². The van der Waals surface area contributed by atoms with Crippen LogP contribution in [0.15, 0.2) is 24.4 Å². The summed E-state index contributed by atoms with van der Waals surface area (Å²) in [7, 11) is 1.90. The molecule has 6 heteroatoms. The summed E-state index contributed by atoms with van der Waals surface area (Å²) in [6.45, 7) is 1.52. The van der Waals surface area contributed by atoms with E-state index in [2.05, 4.69) is 14.7 Å². The number of primary amides is 1. The number of carbonyl (C=O) groups is 1. The summed E-state index contributed by atoms with van der Waals surface area (Å²) >= 11 is 0. The molecule has 0 bridgehead atoms. The summed E-state index contributed by atoms with van der Waals surface area (Å²) in [6, 6.07) is 5.67. The van der Waals surface area contributed by atoms with Crippen molar-refractivity contribution in [1.29, 1.82) is 0 Å². The first-order valence-electron chi connectivity index (χ1n) is 6.89. The van der Waals surface area contributed by atoms with Gasteiger partial charge in [0, 0.05) is 19.3 Å². The molecule has 20 heavy (non-hydrogen) atoms. The molecule has 1 amide bonds. The van der Waals surface area contributed by atoms with Gasteiger partial charge < -0.3 is 20.4 Å². The maximum atomic E-state index is 11.6. The molecule has 3 rings (SSSR count). The number of rotatable bonds is 4. The predicted octanol–water partition coefficient (Wildman–Crippen LogP) is 0.508. The van der Waals surface area contributed by atoms with E-state index in [1.807, 2.05) is 36.3 Å². The number of hydrogen-bond donors (Lipinski definition) is 2. The van der Waals surface area contributed by atoms with Crippen molar-refractivity contribution in [2.24, 2.45) is 5.73 Å². The lowest BCUT2D eigenvalue weighted by atomic mass is 10.2. The Labute approximate surface area is 117 Å². The average molecular weight is 273 g/mol. The molecule has 0 aliphatic carbocycles. The molecule has 1 aliphatic rings. The number of hydrogen-bond acceptors (Lipinski definition) is 4. The molecule has 0 saturated carbocycles. The average Bonchev–Trinajstić information content (AvgIpc) is 3.04. The highest BCUT2D eigenvalue weighted by Crippen LogP contribution is 2.28. The van der Waals surface area contributed by atoms with Gasteiger partial charge in [-0.15, -0.1) is 0 Å². The van der Waals surface area contributed by atoms with Gasteiger partial charge in [-0.1, -0.05) is 6.07 Å². The molecule has 3 heterocycles. The Morgan fingerprint density at radius 2 is 2.40 bits per heavy atom. The third-order valence-corrected chi connectivity index (χ3v) is 3.81. The van der Waals surface area contributed by atoms with Crippen LogP contribution >= 0.6 is 0 Å². The Morgan fingerprint density at radius 3 is 3.15 bits per heavy atom. The minimum Gasteiger partial charge on any atom is -0.368 e. The van der Waals surface area contributed by atoms with Crippen LogP contribution in [0.25, 0.3) is 5.65 Å². The molecule has 0 radical (unpaired) electrons. The van der Waals surface area contributed by atoms with E-state index in [1.54, 1.807) is 0 Å². The summed E-state index contributed by atoms with van der Waals surface area (Å²) in [5.74, 6) is 0.599. The molecule has 1 atom stereocenters. The van der Waals surface area contributed by atoms with Crippen LogP contribution in [0.4, 0.5) is 5.82 Å². The maximum absolute atomic E-state index is 11.6. The largest absolute Gasteiger partial charge is 0.368 e. The molecule has 6 nitrogen and oxygen atoms in total. The van der Waals surface area contributed by atoms with E-state index in [0.717, 1.165) is 36.5 Å². The van der Waals surface area contributed by atoms with Gasteiger partial charge in [0.1, 0.15) is 11.7 Å². The summed E-state index contributed by atoms with van der Waals surface area (Å²) < 4.78 is 2.06. The number of fused-ring (bicyclic) bond motifs is 1. The fourth-order valence-electron chi connectivity index (χ4n) is 2.91. The maximum Gasteiger partial charge on any atom is 0.240 e. The number of pyridine rings is 1. The van der Waals surface area contributed by atoms with Gasteiger partial charge in [-0.25, -0.2) is 4.98 Å². The van der Waals surface area contributed by atoms with Crippen molar-refractivity contribution >= 4 is 17.4 Å². The summed E-state index contributed by atoms with van der Waals surface area (Å²) in [6.07, 6.45) is 3.77. The molecule has 1 aliphatic heterocycles. The molecular formula is C14H19N5O. The summed E-state index contributed by atoms with van der Waals surface area (Å²) in [4.78, 5) is 18.3. The van der Waals surface area contributed by atoms with Gasteiger partial charge in [0.05, 0.1) is 5.69 Å². The summed E-state index contributed by atoms with van der Waals surface area (Å²) in [5, 5.41) is 3.17. The molecule has 106 valence electrons. The third kappa shape index (κ3) is 2.02. The van der Waals surface area contributed by atoms with Crippen LogP contribution in [0, 0.1) is 0 Å². The van der Waals surface area contributed by atoms with Gasteiger partial charge in [0.15, 0.2) is 5.82 Å². The molecule has 0 spiro atoms. The Bertz CT molecular complexity index is 636. The van der Waals surface area contributed by atoms with Crippen LogP contribution in [0.3, 0.4) is 0 Å². The summed E-state index contributed by atoms with van der Waals surface area (Å²) in [5.41, 5.74) is 7.47. The van der Waals surface area contributed by atoms with Crippen molar-refractivity contribution in [3.05, 3.63) is 30.1 Å². The second-order valence-electron chi connectivity index (χ2n) is 5.10.